The maximum Gasteiger partial charge on any atom is 0.119 e. The predicted molar refractivity (Wildman–Crippen MR) is 82.2 cm³/mol. The minimum absolute atomic E-state index is 0.740. The fraction of sp³-hybridized carbons (Fsp3) is 0.647. The normalized spacial score (nSPS) is 20.1. The highest BCUT2D eigenvalue weighted by Crippen LogP contribution is 2.26. The molecule has 1 aliphatic heterocycles. The van der Waals surface area contributed by atoms with Crippen LogP contribution in [0.1, 0.15) is 30.4 Å². The monoisotopic (exact) mass is 274 g/mol. The zero-order chi connectivity index (χ0) is 13.8. The molecular weight excluding hydrogens is 248 g/mol. The van der Waals surface area contributed by atoms with Gasteiger partial charge in [0, 0.05) is 6.54 Å². The number of nitrogens with two attached hydrogens (primary N) is 1. The highest BCUT2D eigenvalue weighted by molar-refractivity contribution is 5.38. The van der Waals surface area contributed by atoms with Gasteiger partial charge >= 0.3 is 0 Å². The van der Waals surface area contributed by atoms with Crippen molar-refractivity contribution in [1.29, 1.82) is 0 Å². The van der Waals surface area contributed by atoms with Crippen molar-refractivity contribution in [3.05, 3.63) is 29.3 Å². The van der Waals surface area contributed by atoms with E-state index in [1.807, 2.05) is 0 Å². The van der Waals surface area contributed by atoms with Gasteiger partial charge in [0.2, 0.25) is 0 Å². The van der Waals surface area contributed by atoms with Crippen LogP contribution in [0, 0.1) is 5.92 Å². The lowest BCUT2D eigenvalue weighted by Crippen LogP contribution is -2.38. The maximum atomic E-state index is 5.92. The maximum absolute atomic E-state index is 5.92. The third-order valence-electron chi connectivity index (χ3n) is 4.79. The first-order chi connectivity index (χ1) is 9.85. The molecule has 20 heavy (non-hydrogen) atoms. The summed E-state index contributed by atoms with van der Waals surface area (Å²) >= 11 is 0. The summed E-state index contributed by atoms with van der Waals surface area (Å²) in [4.78, 5) is 2.50. The highest BCUT2D eigenvalue weighted by atomic mass is 16.5. The average molecular weight is 274 g/mol. The van der Waals surface area contributed by atoms with Crippen LogP contribution < -0.4 is 10.5 Å². The average Bonchev–Trinajstić information content (AvgIpc) is 2.95. The molecule has 2 aliphatic rings. The van der Waals surface area contributed by atoms with Gasteiger partial charge in [-0.3, -0.25) is 4.90 Å². The van der Waals surface area contributed by atoms with Gasteiger partial charge < -0.3 is 10.5 Å². The highest BCUT2D eigenvalue weighted by Gasteiger charge is 2.17. The number of hydrogen-bond acceptors (Lipinski definition) is 3. The summed E-state index contributed by atoms with van der Waals surface area (Å²) in [6.45, 7) is 5.03. The van der Waals surface area contributed by atoms with E-state index >= 15 is 0 Å². The number of benzene rings is 1. The van der Waals surface area contributed by atoms with Gasteiger partial charge in [0.05, 0.1) is 0 Å². The SMILES string of the molecule is NCC1CCN(CCOc2ccc3c(c2)CCC3)CC1. The number of likely N-dealkylation sites (tertiary alicyclic amines) is 1. The van der Waals surface area contributed by atoms with Gasteiger partial charge in [-0.1, -0.05) is 6.07 Å². The molecule has 0 saturated carbocycles. The molecule has 0 amide bonds. The fourth-order valence-corrected chi connectivity index (χ4v) is 3.38. The fourth-order valence-electron chi connectivity index (χ4n) is 3.38. The van der Waals surface area contributed by atoms with E-state index in [0.717, 1.165) is 31.4 Å². The Kier molecular flexibility index (Phi) is 4.58. The first-order valence-electron chi connectivity index (χ1n) is 8.02. The first kappa shape index (κ1) is 13.9. The molecule has 0 radical (unpaired) electrons. The molecule has 3 heteroatoms. The van der Waals surface area contributed by atoms with Crippen molar-refractivity contribution >= 4 is 0 Å². The Morgan fingerprint density at radius 3 is 2.75 bits per heavy atom. The summed E-state index contributed by atoms with van der Waals surface area (Å²) in [6.07, 6.45) is 6.25. The molecule has 0 unspecified atom stereocenters. The molecule has 2 N–H and O–H groups in total. The standard InChI is InChI=1S/C17H26N2O/c18-13-14-6-8-19(9-7-14)10-11-20-17-5-4-15-2-1-3-16(15)12-17/h4-5,12,14H,1-3,6-11,13,18H2. The zero-order valence-corrected chi connectivity index (χ0v) is 12.3. The van der Waals surface area contributed by atoms with Crippen molar-refractivity contribution in [2.24, 2.45) is 11.7 Å². The van der Waals surface area contributed by atoms with Crippen LogP contribution in [-0.4, -0.2) is 37.7 Å². The molecule has 0 aromatic heterocycles. The largest absolute Gasteiger partial charge is 0.492 e. The third-order valence-corrected chi connectivity index (χ3v) is 4.79. The molecule has 0 atom stereocenters. The van der Waals surface area contributed by atoms with E-state index in [2.05, 4.69) is 23.1 Å². The third kappa shape index (κ3) is 3.33. The zero-order valence-electron chi connectivity index (χ0n) is 12.3. The van der Waals surface area contributed by atoms with Gasteiger partial charge in [0.25, 0.3) is 0 Å². The van der Waals surface area contributed by atoms with E-state index in [0.29, 0.717) is 0 Å². The molecule has 1 aromatic carbocycles. The van der Waals surface area contributed by atoms with Gasteiger partial charge in [-0.25, -0.2) is 0 Å². The van der Waals surface area contributed by atoms with E-state index < -0.39 is 0 Å². The smallest absolute Gasteiger partial charge is 0.119 e. The van der Waals surface area contributed by atoms with Crippen LogP contribution in [0.15, 0.2) is 18.2 Å². The molecule has 3 nitrogen and oxygen atoms in total. The second-order valence-corrected chi connectivity index (χ2v) is 6.15. The Morgan fingerprint density at radius 2 is 1.95 bits per heavy atom. The summed E-state index contributed by atoms with van der Waals surface area (Å²) in [5.41, 5.74) is 8.73. The number of piperidine rings is 1. The number of ether oxygens (including phenoxy) is 1. The molecule has 1 saturated heterocycles. The second-order valence-electron chi connectivity index (χ2n) is 6.15. The molecule has 1 aromatic rings. The Labute approximate surface area is 122 Å². The summed E-state index contributed by atoms with van der Waals surface area (Å²) in [5, 5.41) is 0. The molecule has 110 valence electrons. The van der Waals surface area contributed by atoms with E-state index in [1.54, 1.807) is 0 Å². The minimum atomic E-state index is 0.740. The Hall–Kier alpha value is -1.06. The number of aryl methyl sites for hydroxylation is 2. The molecule has 0 bridgehead atoms. The van der Waals surface area contributed by atoms with Crippen molar-refractivity contribution in [2.45, 2.75) is 32.1 Å². The van der Waals surface area contributed by atoms with E-state index in [1.165, 1.54) is 56.3 Å². The minimum Gasteiger partial charge on any atom is -0.492 e. The first-order valence-corrected chi connectivity index (χ1v) is 8.02. The molecule has 1 aliphatic carbocycles. The summed E-state index contributed by atoms with van der Waals surface area (Å²) < 4.78 is 5.92. The van der Waals surface area contributed by atoms with Crippen LogP contribution >= 0.6 is 0 Å². The van der Waals surface area contributed by atoms with E-state index in [9.17, 15) is 0 Å². The number of fused-ring (bicyclic) bond motifs is 1. The Balaban J connectivity index is 1.42. The molecule has 1 heterocycles. The lowest BCUT2D eigenvalue weighted by Gasteiger charge is -2.31. The van der Waals surface area contributed by atoms with Crippen molar-refractivity contribution in [1.82, 2.24) is 4.90 Å². The van der Waals surface area contributed by atoms with Gasteiger partial charge in [-0.2, -0.15) is 0 Å². The predicted octanol–water partition coefficient (Wildman–Crippen LogP) is 2.22. The summed E-state index contributed by atoms with van der Waals surface area (Å²) in [6, 6.07) is 6.61. The molecular formula is C17H26N2O. The van der Waals surface area contributed by atoms with Crippen molar-refractivity contribution < 1.29 is 4.74 Å². The molecule has 0 spiro atoms. The molecule has 1 fully saturated rings. The molecule has 3 rings (SSSR count). The van der Waals surface area contributed by atoms with Crippen LogP contribution in [-0.2, 0) is 12.8 Å². The van der Waals surface area contributed by atoms with Gasteiger partial charge in [-0.15, -0.1) is 0 Å². The van der Waals surface area contributed by atoms with E-state index in [-0.39, 0.29) is 0 Å². The lowest BCUT2D eigenvalue weighted by molar-refractivity contribution is 0.157. The second kappa shape index (κ2) is 6.59. The van der Waals surface area contributed by atoms with Crippen LogP contribution in [0.2, 0.25) is 0 Å². The van der Waals surface area contributed by atoms with E-state index in [4.69, 9.17) is 10.5 Å². The number of rotatable bonds is 5. The number of hydrogen-bond donors (Lipinski definition) is 1. The van der Waals surface area contributed by atoms with Crippen LogP contribution in [0.5, 0.6) is 5.75 Å². The topological polar surface area (TPSA) is 38.5 Å². The van der Waals surface area contributed by atoms with Crippen molar-refractivity contribution in [3.8, 4) is 5.75 Å². The van der Waals surface area contributed by atoms with Crippen LogP contribution in [0.4, 0.5) is 0 Å². The lowest BCUT2D eigenvalue weighted by atomic mass is 9.97. The van der Waals surface area contributed by atoms with Crippen LogP contribution in [0.25, 0.3) is 0 Å². The van der Waals surface area contributed by atoms with Gasteiger partial charge in [0.1, 0.15) is 12.4 Å². The van der Waals surface area contributed by atoms with Crippen LogP contribution in [0.3, 0.4) is 0 Å². The summed E-state index contributed by atoms with van der Waals surface area (Å²) in [5.74, 6) is 1.78. The van der Waals surface area contributed by atoms with Gasteiger partial charge in [0.15, 0.2) is 0 Å². The quantitative estimate of drug-likeness (QED) is 0.895. The Bertz CT molecular complexity index is 439. The van der Waals surface area contributed by atoms with Crippen molar-refractivity contribution in [2.75, 3.05) is 32.8 Å². The Morgan fingerprint density at radius 1 is 1.15 bits per heavy atom. The van der Waals surface area contributed by atoms with Crippen molar-refractivity contribution in [3.63, 3.8) is 0 Å². The number of nitrogens with zero attached hydrogens (tertiary/aromatic N) is 1. The summed E-state index contributed by atoms with van der Waals surface area (Å²) in [7, 11) is 0. The van der Waals surface area contributed by atoms with Gasteiger partial charge in [-0.05, 0) is 80.9 Å².